The second-order valence-electron chi connectivity index (χ2n) is 5.38. The number of nitrogens with two attached hydrogens (primary N) is 1. The van der Waals surface area contributed by atoms with Crippen molar-refractivity contribution in [1.29, 1.82) is 0 Å². The van der Waals surface area contributed by atoms with E-state index in [0.717, 1.165) is 12.0 Å². The molecule has 0 aliphatic heterocycles. The molecule has 3 rings (SSSR count). The van der Waals surface area contributed by atoms with Gasteiger partial charge in [0, 0.05) is 19.8 Å². The van der Waals surface area contributed by atoms with E-state index in [1.165, 1.54) is 10.2 Å². The summed E-state index contributed by atoms with van der Waals surface area (Å²) in [6.45, 7) is 0.151. The van der Waals surface area contributed by atoms with E-state index in [1.807, 2.05) is 30.3 Å². The van der Waals surface area contributed by atoms with E-state index in [0.29, 0.717) is 17.2 Å². The SMILES string of the molecule is Cn1nnc(CN)c1C(=O)Nc1cc(Cc2ccccc2)ccn1. The molecule has 2 heterocycles. The molecular formula is C17H18N6O. The summed E-state index contributed by atoms with van der Waals surface area (Å²) in [7, 11) is 1.65. The topological polar surface area (TPSA) is 98.7 Å². The van der Waals surface area contributed by atoms with Gasteiger partial charge in [0.05, 0.1) is 0 Å². The van der Waals surface area contributed by atoms with Crippen molar-refractivity contribution < 1.29 is 4.79 Å². The van der Waals surface area contributed by atoms with Gasteiger partial charge in [0.15, 0.2) is 5.69 Å². The van der Waals surface area contributed by atoms with Gasteiger partial charge in [0.1, 0.15) is 11.5 Å². The molecule has 0 aliphatic carbocycles. The molecule has 7 heteroatoms. The van der Waals surface area contributed by atoms with Gasteiger partial charge < -0.3 is 11.1 Å². The van der Waals surface area contributed by atoms with Gasteiger partial charge in [0.25, 0.3) is 5.91 Å². The van der Waals surface area contributed by atoms with Crippen molar-refractivity contribution in [2.24, 2.45) is 12.8 Å². The summed E-state index contributed by atoms with van der Waals surface area (Å²) < 4.78 is 1.41. The first-order chi connectivity index (χ1) is 11.7. The van der Waals surface area contributed by atoms with Crippen molar-refractivity contribution in [2.45, 2.75) is 13.0 Å². The standard InChI is InChI=1S/C17H18N6O/c1-23-16(14(11-18)21-22-23)17(24)20-15-10-13(7-8-19-15)9-12-5-3-2-4-6-12/h2-8,10H,9,11,18H2,1H3,(H,19,20,24). The Morgan fingerprint density at radius 3 is 2.75 bits per heavy atom. The number of anilines is 1. The molecule has 0 spiro atoms. The largest absolute Gasteiger partial charge is 0.325 e. The summed E-state index contributed by atoms with van der Waals surface area (Å²) in [6.07, 6.45) is 2.45. The molecule has 0 atom stereocenters. The average Bonchev–Trinajstić information content (AvgIpc) is 2.97. The molecule has 0 bridgehead atoms. The Bertz CT molecular complexity index is 843. The van der Waals surface area contributed by atoms with Crippen molar-refractivity contribution in [1.82, 2.24) is 20.0 Å². The third-order valence-corrected chi connectivity index (χ3v) is 3.62. The lowest BCUT2D eigenvalue weighted by atomic mass is 10.1. The zero-order valence-corrected chi connectivity index (χ0v) is 13.3. The van der Waals surface area contributed by atoms with Crippen molar-refractivity contribution in [3.8, 4) is 0 Å². The predicted octanol–water partition coefficient (Wildman–Crippen LogP) is 1.51. The smallest absolute Gasteiger partial charge is 0.277 e. The van der Waals surface area contributed by atoms with Crippen LogP contribution in [0, 0.1) is 0 Å². The van der Waals surface area contributed by atoms with Gasteiger partial charge >= 0.3 is 0 Å². The Morgan fingerprint density at radius 1 is 1.21 bits per heavy atom. The molecular weight excluding hydrogens is 304 g/mol. The van der Waals surface area contributed by atoms with Crippen LogP contribution in [0.3, 0.4) is 0 Å². The van der Waals surface area contributed by atoms with Gasteiger partial charge in [-0.25, -0.2) is 9.67 Å². The van der Waals surface area contributed by atoms with Crippen molar-refractivity contribution in [3.05, 3.63) is 71.2 Å². The summed E-state index contributed by atoms with van der Waals surface area (Å²) in [6, 6.07) is 13.9. The number of aromatic nitrogens is 4. The van der Waals surface area contributed by atoms with Gasteiger partial charge in [-0.1, -0.05) is 35.5 Å². The molecule has 122 valence electrons. The van der Waals surface area contributed by atoms with Crippen molar-refractivity contribution >= 4 is 11.7 Å². The van der Waals surface area contributed by atoms with Crippen molar-refractivity contribution in [3.63, 3.8) is 0 Å². The second-order valence-corrected chi connectivity index (χ2v) is 5.38. The zero-order valence-electron chi connectivity index (χ0n) is 13.3. The lowest BCUT2D eigenvalue weighted by Crippen LogP contribution is -2.19. The van der Waals surface area contributed by atoms with Gasteiger partial charge in [0.2, 0.25) is 0 Å². The molecule has 2 aromatic heterocycles. The van der Waals surface area contributed by atoms with Crippen LogP contribution in [0.15, 0.2) is 48.7 Å². The minimum atomic E-state index is -0.327. The van der Waals surface area contributed by atoms with E-state index in [4.69, 9.17) is 5.73 Å². The maximum atomic E-state index is 12.4. The van der Waals surface area contributed by atoms with E-state index in [-0.39, 0.29) is 12.5 Å². The second kappa shape index (κ2) is 7.01. The quantitative estimate of drug-likeness (QED) is 0.742. The zero-order chi connectivity index (χ0) is 16.9. The molecule has 3 aromatic rings. The van der Waals surface area contributed by atoms with E-state index in [2.05, 4.69) is 32.7 Å². The third kappa shape index (κ3) is 3.47. The lowest BCUT2D eigenvalue weighted by Gasteiger charge is -2.07. The minimum Gasteiger partial charge on any atom is -0.325 e. The Morgan fingerprint density at radius 2 is 2.00 bits per heavy atom. The molecule has 0 saturated heterocycles. The van der Waals surface area contributed by atoms with Crippen LogP contribution in [0.1, 0.15) is 27.3 Å². The number of nitrogens with one attached hydrogen (secondary N) is 1. The highest BCUT2D eigenvalue weighted by Crippen LogP contribution is 2.14. The van der Waals surface area contributed by atoms with Gasteiger partial charge in [-0.2, -0.15) is 0 Å². The summed E-state index contributed by atoms with van der Waals surface area (Å²) in [5.41, 5.74) is 8.65. The van der Waals surface area contributed by atoms with E-state index in [1.54, 1.807) is 13.2 Å². The Balaban J connectivity index is 1.77. The molecule has 3 N–H and O–H groups in total. The predicted molar refractivity (Wildman–Crippen MR) is 90.3 cm³/mol. The van der Waals surface area contributed by atoms with Crippen LogP contribution in [-0.4, -0.2) is 25.9 Å². The third-order valence-electron chi connectivity index (χ3n) is 3.62. The Labute approximate surface area is 139 Å². The van der Waals surface area contributed by atoms with Crippen molar-refractivity contribution in [2.75, 3.05) is 5.32 Å². The molecule has 0 unspecified atom stereocenters. The number of pyridine rings is 1. The molecule has 1 aromatic carbocycles. The number of amides is 1. The molecule has 0 radical (unpaired) electrons. The number of carbonyl (C=O) groups excluding carboxylic acids is 1. The molecule has 0 saturated carbocycles. The number of hydrogen-bond acceptors (Lipinski definition) is 5. The first-order valence-corrected chi connectivity index (χ1v) is 7.56. The summed E-state index contributed by atoms with van der Waals surface area (Å²) in [5, 5.41) is 10.5. The summed E-state index contributed by atoms with van der Waals surface area (Å²) in [5.74, 6) is 0.157. The molecule has 1 amide bonds. The number of aryl methyl sites for hydroxylation is 1. The lowest BCUT2D eigenvalue weighted by molar-refractivity contribution is 0.101. The molecule has 0 fully saturated rings. The number of nitrogens with zero attached hydrogens (tertiary/aromatic N) is 4. The van der Waals surface area contributed by atoms with E-state index in [9.17, 15) is 4.79 Å². The van der Waals surface area contributed by atoms with Crippen LogP contribution >= 0.6 is 0 Å². The minimum absolute atomic E-state index is 0.151. The van der Waals surface area contributed by atoms with Crippen LogP contribution in [0.25, 0.3) is 0 Å². The average molecular weight is 322 g/mol. The molecule has 0 aliphatic rings. The van der Waals surface area contributed by atoms with Crippen LogP contribution < -0.4 is 11.1 Å². The number of carbonyl (C=O) groups is 1. The highest BCUT2D eigenvalue weighted by atomic mass is 16.2. The van der Waals surface area contributed by atoms with E-state index < -0.39 is 0 Å². The molecule has 24 heavy (non-hydrogen) atoms. The number of benzene rings is 1. The first-order valence-electron chi connectivity index (χ1n) is 7.56. The fourth-order valence-corrected chi connectivity index (χ4v) is 2.48. The van der Waals surface area contributed by atoms with Crippen LogP contribution in [0.5, 0.6) is 0 Å². The summed E-state index contributed by atoms with van der Waals surface area (Å²) >= 11 is 0. The normalized spacial score (nSPS) is 10.6. The number of rotatable bonds is 5. The Kier molecular flexibility index (Phi) is 4.62. The van der Waals surface area contributed by atoms with Gasteiger partial charge in [-0.3, -0.25) is 4.79 Å². The fraction of sp³-hybridized carbons (Fsp3) is 0.176. The van der Waals surface area contributed by atoms with Crippen LogP contribution in [0.4, 0.5) is 5.82 Å². The molecule has 7 nitrogen and oxygen atoms in total. The van der Waals surface area contributed by atoms with Gasteiger partial charge in [-0.15, -0.1) is 5.10 Å². The van der Waals surface area contributed by atoms with E-state index >= 15 is 0 Å². The Hall–Kier alpha value is -3.06. The highest BCUT2D eigenvalue weighted by molar-refractivity contribution is 6.03. The van der Waals surface area contributed by atoms with Crippen LogP contribution in [0.2, 0.25) is 0 Å². The highest BCUT2D eigenvalue weighted by Gasteiger charge is 2.18. The fourth-order valence-electron chi connectivity index (χ4n) is 2.48. The maximum Gasteiger partial charge on any atom is 0.277 e. The summed E-state index contributed by atoms with van der Waals surface area (Å²) in [4.78, 5) is 16.6. The number of hydrogen-bond donors (Lipinski definition) is 2. The van der Waals surface area contributed by atoms with Gasteiger partial charge in [-0.05, 0) is 29.7 Å². The maximum absolute atomic E-state index is 12.4. The van der Waals surface area contributed by atoms with Crippen LogP contribution in [-0.2, 0) is 20.0 Å². The first kappa shape index (κ1) is 15.8. The monoisotopic (exact) mass is 322 g/mol.